The SMILES string of the molecule is CCCCCCCC1(CC(=O)O)CCC1. The summed E-state index contributed by atoms with van der Waals surface area (Å²) >= 11 is 0. The zero-order valence-electron chi connectivity index (χ0n) is 9.93. The molecular formula is C13H24O2. The van der Waals surface area contributed by atoms with Crippen LogP contribution >= 0.6 is 0 Å². The molecule has 0 aromatic rings. The maximum atomic E-state index is 10.7. The van der Waals surface area contributed by atoms with Gasteiger partial charge in [0.15, 0.2) is 0 Å². The fraction of sp³-hybridized carbons (Fsp3) is 0.923. The fourth-order valence-corrected chi connectivity index (χ4v) is 2.62. The lowest BCUT2D eigenvalue weighted by molar-refractivity contribution is -0.141. The van der Waals surface area contributed by atoms with Gasteiger partial charge in [-0.05, 0) is 24.7 Å². The molecular weight excluding hydrogens is 188 g/mol. The zero-order valence-corrected chi connectivity index (χ0v) is 9.93. The lowest BCUT2D eigenvalue weighted by Crippen LogP contribution is -2.31. The first-order chi connectivity index (χ1) is 7.18. The molecule has 0 bridgehead atoms. The topological polar surface area (TPSA) is 37.3 Å². The molecule has 0 radical (unpaired) electrons. The van der Waals surface area contributed by atoms with Gasteiger partial charge in [-0.25, -0.2) is 0 Å². The zero-order chi connectivity index (χ0) is 11.1. The van der Waals surface area contributed by atoms with Gasteiger partial charge in [0.05, 0.1) is 6.42 Å². The van der Waals surface area contributed by atoms with Crippen molar-refractivity contribution in [3.05, 3.63) is 0 Å². The second-order valence-corrected chi connectivity index (χ2v) is 5.09. The molecule has 15 heavy (non-hydrogen) atoms. The average molecular weight is 212 g/mol. The quantitative estimate of drug-likeness (QED) is 0.618. The molecule has 1 fully saturated rings. The number of unbranched alkanes of at least 4 members (excludes halogenated alkanes) is 4. The number of carboxylic acid groups (broad SMARTS) is 1. The molecule has 0 unspecified atom stereocenters. The van der Waals surface area contributed by atoms with Crippen LogP contribution in [0.5, 0.6) is 0 Å². The lowest BCUT2D eigenvalue weighted by atomic mass is 9.64. The van der Waals surface area contributed by atoms with E-state index in [0.717, 1.165) is 19.3 Å². The van der Waals surface area contributed by atoms with Crippen LogP contribution in [0.15, 0.2) is 0 Å². The van der Waals surface area contributed by atoms with E-state index in [1.165, 1.54) is 38.5 Å². The van der Waals surface area contributed by atoms with E-state index in [4.69, 9.17) is 5.11 Å². The van der Waals surface area contributed by atoms with Gasteiger partial charge in [0.2, 0.25) is 0 Å². The predicted octanol–water partition coefficient (Wildman–Crippen LogP) is 3.99. The van der Waals surface area contributed by atoms with Crippen LogP contribution in [0.4, 0.5) is 0 Å². The standard InChI is InChI=1S/C13H24O2/c1-2-3-4-5-6-8-13(9-7-10-13)11-12(14)15/h2-11H2,1H3,(H,14,15). The van der Waals surface area contributed by atoms with Gasteiger partial charge in [0, 0.05) is 0 Å². The molecule has 0 aromatic carbocycles. The average Bonchev–Trinajstić information content (AvgIpc) is 2.12. The van der Waals surface area contributed by atoms with Crippen molar-refractivity contribution in [2.45, 2.75) is 71.1 Å². The van der Waals surface area contributed by atoms with Crippen molar-refractivity contribution in [2.24, 2.45) is 5.41 Å². The van der Waals surface area contributed by atoms with E-state index in [9.17, 15) is 4.79 Å². The summed E-state index contributed by atoms with van der Waals surface area (Å²) in [6, 6.07) is 0. The Kier molecular flexibility index (Phi) is 5.13. The van der Waals surface area contributed by atoms with Gasteiger partial charge in [-0.3, -0.25) is 4.79 Å². The van der Waals surface area contributed by atoms with Crippen LogP contribution < -0.4 is 0 Å². The molecule has 0 heterocycles. The molecule has 0 amide bonds. The van der Waals surface area contributed by atoms with E-state index in [-0.39, 0.29) is 5.41 Å². The van der Waals surface area contributed by atoms with Crippen molar-refractivity contribution < 1.29 is 9.90 Å². The van der Waals surface area contributed by atoms with Crippen molar-refractivity contribution in [1.82, 2.24) is 0 Å². The van der Waals surface area contributed by atoms with Crippen LogP contribution in [-0.4, -0.2) is 11.1 Å². The summed E-state index contributed by atoms with van der Waals surface area (Å²) in [5.41, 5.74) is 0.193. The summed E-state index contributed by atoms with van der Waals surface area (Å²) in [6.45, 7) is 2.22. The third kappa shape index (κ3) is 4.23. The molecule has 1 aliphatic rings. The minimum absolute atomic E-state index is 0.193. The van der Waals surface area contributed by atoms with Crippen LogP contribution in [0.2, 0.25) is 0 Å². The number of hydrogen-bond acceptors (Lipinski definition) is 1. The molecule has 1 N–H and O–H groups in total. The van der Waals surface area contributed by atoms with Crippen LogP contribution in [0.25, 0.3) is 0 Å². The number of aliphatic carboxylic acids is 1. The molecule has 0 atom stereocenters. The summed E-state index contributed by atoms with van der Waals surface area (Å²) in [7, 11) is 0. The maximum absolute atomic E-state index is 10.7. The second kappa shape index (κ2) is 6.14. The molecule has 1 aliphatic carbocycles. The third-order valence-electron chi connectivity index (χ3n) is 3.75. The number of hydrogen-bond donors (Lipinski definition) is 1. The number of carboxylic acids is 1. The van der Waals surface area contributed by atoms with E-state index >= 15 is 0 Å². The Morgan fingerprint density at radius 2 is 1.87 bits per heavy atom. The minimum Gasteiger partial charge on any atom is -0.481 e. The highest BCUT2D eigenvalue weighted by molar-refractivity contribution is 5.67. The van der Waals surface area contributed by atoms with Gasteiger partial charge in [0.1, 0.15) is 0 Å². The van der Waals surface area contributed by atoms with Gasteiger partial charge >= 0.3 is 5.97 Å². The summed E-state index contributed by atoms with van der Waals surface area (Å²) < 4.78 is 0. The largest absolute Gasteiger partial charge is 0.481 e. The number of carbonyl (C=O) groups is 1. The Bertz CT molecular complexity index is 195. The van der Waals surface area contributed by atoms with Gasteiger partial charge in [-0.1, -0.05) is 45.4 Å². The Balaban J connectivity index is 2.13. The van der Waals surface area contributed by atoms with Gasteiger partial charge in [-0.2, -0.15) is 0 Å². The van der Waals surface area contributed by atoms with Crippen LogP contribution in [0, 0.1) is 5.41 Å². The van der Waals surface area contributed by atoms with Crippen molar-refractivity contribution in [1.29, 1.82) is 0 Å². The summed E-state index contributed by atoms with van der Waals surface area (Å²) in [5.74, 6) is -0.608. The highest BCUT2D eigenvalue weighted by Crippen LogP contribution is 2.47. The molecule has 2 nitrogen and oxygen atoms in total. The normalized spacial score (nSPS) is 18.5. The monoisotopic (exact) mass is 212 g/mol. The Labute approximate surface area is 93.1 Å². The summed E-state index contributed by atoms with van der Waals surface area (Å²) in [4.78, 5) is 10.7. The van der Waals surface area contributed by atoms with Crippen LogP contribution in [0.3, 0.4) is 0 Å². The first-order valence-corrected chi connectivity index (χ1v) is 6.40. The molecule has 0 saturated heterocycles. The second-order valence-electron chi connectivity index (χ2n) is 5.09. The summed E-state index contributed by atoms with van der Waals surface area (Å²) in [6.07, 6.45) is 11.5. The molecule has 0 aromatic heterocycles. The summed E-state index contributed by atoms with van der Waals surface area (Å²) in [5, 5.41) is 8.85. The Morgan fingerprint density at radius 1 is 1.20 bits per heavy atom. The van der Waals surface area contributed by atoms with Crippen LogP contribution in [0.1, 0.15) is 71.1 Å². The van der Waals surface area contributed by atoms with Gasteiger partial charge in [-0.15, -0.1) is 0 Å². The van der Waals surface area contributed by atoms with E-state index in [0.29, 0.717) is 6.42 Å². The molecule has 1 rings (SSSR count). The molecule has 88 valence electrons. The number of rotatable bonds is 8. The fourth-order valence-electron chi connectivity index (χ4n) is 2.62. The van der Waals surface area contributed by atoms with E-state index in [1.54, 1.807) is 0 Å². The van der Waals surface area contributed by atoms with Crippen molar-refractivity contribution >= 4 is 5.97 Å². The Hall–Kier alpha value is -0.530. The molecule has 2 heteroatoms. The van der Waals surface area contributed by atoms with E-state index in [2.05, 4.69) is 6.92 Å². The maximum Gasteiger partial charge on any atom is 0.303 e. The Morgan fingerprint density at radius 3 is 2.33 bits per heavy atom. The van der Waals surface area contributed by atoms with Crippen molar-refractivity contribution in [3.8, 4) is 0 Å². The van der Waals surface area contributed by atoms with E-state index in [1.807, 2.05) is 0 Å². The molecule has 0 spiro atoms. The van der Waals surface area contributed by atoms with Gasteiger partial charge in [0.25, 0.3) is 0 Å². The molecule has 1 saturated carbocycles. The first-order valence-electron chi connectivity index (χ1n) is 6.40. The molecule has 0 aliphatic heterocycles. The van der Waals surface area contributed by atoms with Gasteiger partial charge < -0.3 is 5.11 Å². The predicted molar refractivity (Wildman–Crippen MR) is 61.9 cm³/mol. The van der Waals surface area contributed by atoms with Crippen LogP contribution in [-0.2, 0) is 4.79 Å². The van der Waals surface area contributed by atoms with Crippen molar-refractivity contribution in [2.75, 3.05) is 0 Å². The highest BCUT2D eigenvalue weighted by atomic mass is 16.4. The van der Waals surface area contributed by atoms with Crippen molar-refractivity contribution in [3.63, 3.8) is 0 Å². The lowest BCUT2D eigenvalue weighted by Gasteiger charge is -2.41. The highest BCUT2D eigenvalue weighted by Gasteiger charge is 2.37. The smallest absolute Gasteiger partial charge is 0.303 e. The first kappa shape index (κ1) is 12.5. The minimum atomic E-state index is -0.608. The van der Waals surface area contributed by atoms with E-state index < -0.39 is 5.97 Å². The third-order valence-corrected chi connectivity index (χ3v) is 3.75.